The first kappa shape index (κ1) is 12.5. The van der Waals surface area contributed by atoms with E-state index in [0.29, 0.717) is 6.04 Å². The average molecular weight is 259 g/mol. The quantitative estimate of drug-likeness (QED) is 0.917. The van der Waals surface area contributed by atoms with Gasteiger partial charge in [0.25, 0.3) is 0 Å². The Morgan fingerprint density at radius 3 is 3.21 bits per heavy atom. The molecule has 1 aliphatic carbocycles. The van der Waals surface area contributed by atoms with Crippen LogP contribution < -0.4 is 5.32 Å². The Hall–Kier alpha value is -1.55. The number of furan rings is 1. The van der Waals surface area contributed by atoms with E-state index in [-0.39, 0.29) is 6.04 Å². The second-order valence-corrected chi connectivity index (χ2v) is 5.26. The first-order chi connectivity index (χ1) is 9.29. The molecular weight excluding hydrogens is 238 g/mol. The lowest BCUT2D eigenvalue weighted by atomic mass is 9.92. The molecule has 0 spiro atoms. The van der Waals surface area contributed by atoms with Crippen molar-refractivity contribution in [2.24, 2.45) is 7.05 Å². The van der Waals surface area contributed by atoms with Gasteiger partial charge in [-0.3, -0.25) is 4.68 Å². The van der Waals surface area contributed by atoms with Gasteiger partial charge in [-0.15, -0.1) is 0 Å². The first-order valence-electron chi connectivity index (χ1n) is 7.09. The molecule has 4 nitrogen and oxygen atoms in total. The second kappa shape index (κ2) is 5.21. The van der Waals surface area contributed by atoms with Crippen molar-refractivity contribution >= 4 is 0 Å². The molecule has 102 valence electrons. The fourth-order valence-electron chi connectivity index (χ4n) is 3.01. The minimum absolute atomic E-state index is 0.283. The molecular formula is C15H21N3O. The predicted octanol–water partition coefficient (Wildman–Crippen LogP) is 3.13. The summed E-state index contributed by atoms with van der Waals surface area (Å²) in [4.78, 5) is 0. The molecule has 0 fully saturated rings. The number of aryl methyl sites for hydroxylation is 1. The third kappa shape index (κ3) is 2.32. The lowest BCUT2D eigenvalue weighted by molar-refractivity contribution is 0.344. The molecule has 1 aliphatic rings. The van der Waals surface area contributed by atoms with Gasteiger partial charge in [0.15, 0.2) is 0 Å². The van der Waals surface area contributed by atoms with Crippen LogP contribution in [0.15, 0.2) is 29.0 Å². The van der Waals surface area contributed by atoms with Crippen LogP contribution in [0.1, 0.15) is 55.3 Å². The minimum Gasteiger partial charge on any atom is -0.468 e. The molecule has 2 heterocycles. The molecule has 2 unspecified atom stereocenters. The normalized spacial score (nSPS) is 20.2. The van der Waals surface area contributed by atoms with Crippen LogP contribution in [0.3, 0.4) is 0 Å². The van der Waals surface area contributed by atoms with Crippen LogP contribution in [0.25, 0.3) is 0 Å². The Morgan fingerprint density at radius 2 is 2.47 bits per heavy atom. The van der Waals surface area contributed by atoms with Crippen molar-refractivity contribution in [2.75, 3.05) is 0 Å². The lowest BCUT2D eigenvalue weighted by Crippen LogP contribution is -2.28. The SMILES string of the molecule is CCC(NC1CCCc2c1cnn2C)c1ccco1. The number of nitrogens with one attached hydrogen (secondary N) is 1. The van der Waals surface area contributed by atoms with Crippen molar-refractivity contribution in [2.45, 2.75) is 44.7 Å². The third-order valence-corrected chi connectivity index (χ3v) is 4.07. The minimum atomic E-state index is 0.283. The summed E-state index contributed by atoms with van der Waals surface area (Å²) in [6.07, 6.45) is 8.33. The molecule has 0 saturated heterocycles. The predicted molar refractivity (Wildman–Crippen MR) is 73.8 cm³/mol. The summed E-state index contributed by atoms with van der Waals surface area (Å²) >= 11 is 0. The smallest absolute Gasteiger partial charge is 0.120 e. The van der Waals surface area contributed by atoms with E-state index in [1.807, 2.05) is 30.1 Å². The summed E-state index contributed by atoms with van der Waals surface area (Å²) < 4.78 is 7.55. The van der Waals surface area contributed by atoms with Crippen LogP contribution in [-0.2, 0) is 13.5 Å². The van der Waals surface area contributed by atoms with Crippen molar-refractivity contribution < 1.29 is 4.42 Å². The van der Waals surface area contributed by atoms with Crippen molar-refractivity contribution in [3.63, 3.8) is 0 Å². The zero-order chi connectivity index (χ0) is 13.2. The van der Waals surface area contributed by atoms with E-state index in [0.717, 1.165) is 18.6 Å². The van der Waals surface area contributed by atoms with Gasteiger partial charge in [0.05, 0.1) is 18.5 Å². The summed E-state index contributed by atoms with van der Waals surface area (Å²) in [6, 6.07) is 4.68. The molecule has 0 aliphatic heterocycles. The van der Waals surface area contributed by atoms with Crippen LogP contribution in [0.2, 0.25) is 0 Å². The summed E-state index contributed by atoms with van der Waals surface area (Å²) in [6.45, 7) is 2.19. The fraction of sp³-hybridized carbons (Fsp3) is 0.533. The number of hydrogen-bond donors (Lipinski definition) is 1. The highest BCUT2D eigenvalue weighted by Gasteiger charge is 2.26. The van der Waals surface area contributed by atoms with Gasteiger partial charge in [0.2, 0.25) is 0 Å². The van der Waals surface area contributed by atoms with E-state index in [1.54, 1.807) is 6.26 Å². The zero-order valence-electron chi connectivity index (χ0n) is 11.6. The van der Waals surface area contributed by atoms with Crippen LogP contribution >= 0.6 is 0 Å². The van der Waals surface area contributed by atoms with Crippen molar-refractivity contribution in [1.82, 2.24) is 15.1 Å². The largest absolute Gasteiger partial charge is 0.468 e. The van der Waals surface area contributed by atoms with Crippen LogP contribution in [0.4, 0.5) is 0 Å². The Bertz CT molecular complexity index is 530. The Balaban J connectivity index is 1.80. The van der Waals surface area contributed by atoms with Gasteiger partial charge < -0.3 is 9.73 Å². The number of hydrogen-bond acceptors (Lipinski definition) is 3. The van der Waals surface area contributed by atoms with E-state index < -0.39 is 0 Å². The van der Waals surface area contributed by atoms with Gasteiger partial charge in [0.1, 0.15) is 5.76 Å². The molecule has 2 aromatic rings. The number of fused-ring (bicyclic) bond motifs is 1. The van der Waals surface area contributed by atoms with E-state index >= 15 is 0 Å². The molecule has 0 saturated carbocycles. The highest BCUT2D eigenvalue weighted by atomic mass is 16.3. The topological polar surface area (TPSA) is 43.0 Å². The standard InChI is InChI=1S/C15H21N3O/c1-3-12(15-8-5-9-19-15)17-13-6-4-7-14-11(13)10-16-18(14)2/h5,8-10,12-13,17H,3-4,6-7H2,1-2H3. The molecule has 0 amide bonds. The van der Waals surface area contributed by atoms with Gasteiger partial charge in [-0.05, 0) is 37.8 Å². The van der Waals surface area contributed by atoms with Crippen LogP contribution in [0.5, 0.6) is 0 Å². The highest BCUT2D eigenvalue weighted by molar-refractivity contribution is 5.25. The fourth-order valence-corrected chi connectivity index (χ4v) is 3.01. The van der Waals surface area contributed by atoms with Crippen LogP contribution in [0, 0.1) is 0 Å². The number of rotatable bonds is 4. The summed E-state index contributed by atoms with van der Waals surface area (Å²) in [5, 5.41) is 8.13. The Morgan fingerprint density at radius 1 is 1.58 bits per heavy atom. The maximum absolute atomic E-state index is 5.54. The lowest BCUT2D eigenvalue weighted by Gasteiger charge is -2.27. The number of aromatic nitrogens is 2. The monoisotopic (exact) mass is 259 g/mol. The van der Waals surface area contributed by atoms with Gasteiger partial charge in [-0.2, -0.15) is 5.10 Å². The zero-order valence-corrected chi connectivity index (χ0v) is 11.6. The molecule has 2 aromatic heterocycles. The van der Waals surface area contributed by atoms with Crippen molar-refractivity contribution in [1.29, 1.82) is 0 Å². The van der Waals surface area contributed by atoms with E-state index in [9.17, 15) is 0 Å². The molecule has 1 N–H and O–H groups in total. The van der Waals surface area contributed by atoms with E-state index in [1.165, 1.54) is 24.1 Å². The molecule has 2 atom stereocenters. The molecule has 0 aromatic carbocycles. The maximum Gasteiger partial charge on any atom is 0.120 e. The second-order valence-electron chi connectivity index (χ2n) is 5.26. The molecule has 0 bridgehead atoms. The Labute approximate surface area is 113 Å². The number of nitrogens with zero attached hydrogens (tertiary/aromatic N) is 2. The van der Waals surface area contributed by atoms with Gasteiger partial charge in [-0.25, -0.2) is 0 Å². The van der Waals surface area contributed by atoms with E-state index in [4.69, 9.17) is 4.42 Å². The highest BCUT2D eigenvalue weighted by Crippen LogP contribution is 2.32. The van der Waals surface area contributed by atoms with Gasteiger partial charge >= 0.3 is 0 Å². The van der Waals surface area contributed by atoms with Crippen molar-refractivity contribution in [3.8, 4) is 0 Å². The van der Waals surface area contributed by atoms with Gasteiger partial charge in [0, 0.05) is 24.3 Å². The Kier molecular flexibility index (Phi) is 3.42. The molecule has 4 heteroatoms. The average Bonchev–Trinajstić information content (AvgIpc) is 3.07. The maximum atomic E-state index is 5.54. The van der Waals surface area contributed by atoms with Crippen molar-refractivity contribution in [3.05, 3.63) is 41.6 Å². The van der Waals surface area contributed by atoms with E-state index in [2.05, 4.69) is 17.3 Å². The third-order valence-electron chi connectivity index (χ3n) is 4.07. The van der Waals surface area contributed by atoms with Crippen LogP contribution in [-0.4, -0.2) is 9.78 Å². The molecule has 3 rings (SSSR count). The molecule has 0 radical (unpaired) electrons. The first-order valence-corrected chi connectivity index (χ1v) is 7.09. The van der Waals surface area contributed by atoms with Gasteiger partial charge in [-0.1, -0.05) is 6.92 Å². The summed E-state index contributed by atoms with van der Waals surface area (Å²) in [7, 11) is 2.03. The molecule has 19 heavy (non-hydrogen) atoms. The summed E-state index contributed by atoms with van der Waals surface area (Å²) in [5.74, 6) is 1.03. The summed E-state index contributed by atoms with van der Waals surface area (Å²) in [5.41, 5.74) is 2.73.